The van der Waals surface area contributed by atoms with Gasteiger partial charge in [0.2, 0.25) is 11.8 Å². The Kier molecular flexibility index (Phi) is 11.0. The van der Waals surface area contributed by atoms with Gasteiger partial charge in [-0.2, -0.15) is 9.97 Å². The van der Waals surface area contributed by atoms with Gasteiger partial charge in [-0.25, -0.2) is 9.78 Å². The Morgan fingerprint density at radius 2 is 1.78 bits per heavy atom. The Morgan fingerprint density at radius 3 is 2.43 bits per heavy atom. The van der Waals surface area contributed by atoms with E-state index in [0.29, 0.717) is 49.1 Å². The number of anilines is 1. The smallest absolute Gasteiger partial charge is 0.328 e. The fraction of sp³-hybridized carbons (Fsp3) is 0.485. The number of imidazole rings is 1. The van der Waals surface area contributed by atoms with E-state index in [1.165, 1.54) is 4.57 Å². The van der Waals surface area contributed by atoms with Gasteiger partial charge in [0, 0.05) is 25.9 Å². The molecule has 0 fully saturated rings. The van der Waals surface area contributed by atoms with E-state index in [-0.39, 0.29) is 35.6 Å². The number of fused-ring (bicyclic) bond motifs is 1. The van der Waals surface area contributed by atoms with Gasteiger partial charge in [0.1, 0.15) is 11.3 Å². The van der Waals surface area contributed by atoms with Crippen molar-refractivity contribution in [1.82, 2.24) is 29.4 Å². The van der Waals surface area contributed by atoms with Gasteiger partial charge < -0.3 is 35.6 Å². The molecule has 46 heavy (non-hydrogen) atoms. The lowest BCUT2D eigenvalue weighted by molar-refractivity contribution is -0.147. The number of nitrogens with one attached hydrogen (secondary N) is 1. The van der Waals surface area contributed by atoms with Crippen LogP contribution in [0.5, 0.6) is 17.6 Å². The van der Waals surface area contributed by atoms with Gasteiger partial charge in [-0.1, -0.05) is 31.5 Å². The van der Waals surface area contributed by atoms with Crippen LogP contribution in [0.3, 0.4) is 0 Å². The summed E-state index contributed by atoms with van der Waals surface area (Å²) < 4.78 is 19.0. The van der Waals surface area contributed by atoms with Crippen LogP contribution in [0.1, 0.15) is 65.0 Å². The van der Waals surface area contributed by atoms with Crippen LogP contribution in [0.2, 0.25) is 0 Å². The van der Waals surface area contributed by atoms with E-state index >= 15 is 0 Å². The van der Waals surface area contributed by atoms with E-state index in [4.69, 9.17) is 25.7 Å². The van der Waals surface area contributed by atoms with Crippen LogP contribution in [0, 0.1) is 5.41 Å². The highest BCUT2D eigenvalue weighted by molar-refractivity contribution is 5.82. The molecule has 0 aliphatic carbocycles. The van der Waals surface area contributed by atoms with Crippen molar-refractivity contribution in [3.63, 3.8) is 0 Å². The molecule has 4 rings (SSSR count). The minimum atomic E-state index is -0.684. The molecule has 0 spiro atoms. The van der Waals surface area contributed by atoms with Gasteiger partial charge in [0.25, 0.3) is 0 Å². The van der Waals surface area contributed by atoms with E-state index in [0.717, 1.165) is 30.4 Å². The van der Waals surface area contributed by atoms with Gasteiger partial charge in [-0.05, 0) is 70.3 Å². The predicted molar refractivity (Wildman–Crippen MR) is 177 cm³/mol. The molecule has 0 aliphatic heterocycles. The van der Waals surface area contributed by atoms with Gasteiger partial charge >= 0.3 is 11.7 Å². The SMILES string of the molecule is CCCCOc1nc(N)c2[nH]c(=O)n(Cc3ccc(Oc4ccc(CN(C)C(=O)C(C)(C)COC(C)(C)CCN)cc4)nc3)c2n1. The van der Waals surface area contributed by atoms with E-state index in [2.05, 4.69) is 26.9 Å². The predicted octanol–water partition coefficient (Wildman–Crippen LogP) is 4.24. The Hall–Kier alpha value is -4.49. The third-order valence-electron chi connectivity index (χ3n) is 7.56. The maximum absolute atomic E-state index is 13.2. The molecule has 0 bridgehead atoms. The van der Waals surface area contributed by atoms with Crippen LogP contribution in [0.25, 0.3) is 11.2 Å². The molecule has 0 saturated carbocycles. The first-order valence-corrected chi connectivity index (χ1v) is 15.5. The van der Waals surface area contributed by atoms with E-state index < -0.39 is 5.41 Å². The number of rotatable bonds is 16. The topological polar surface area (TPSA) is 176 Å². The molecule has 3 heterocycles. The summed E-state index contributed by atoms with van der Waals surface area (Å²) in [4.78, 5) is 43.3. The van der Waals surface area contributed by atoms with Crippen molar-refractivity contribution in [2.45, 2.75) is 72.6 Å². The van der Waals surface area contributed by atoms with Gasteiger partial charge in [0.15, 0.2) is 11.5 Å². The summed E-state index contributed by atoms with van der Waals surface area (Å²) in [6.07, 6.45) is 4.18. The van der Waals surface area contributed by atoms with Crippen LogP contribution in [0.4, 0.5) is 5.82 Å². The number of carbonyl (C=O) groups excluding carboxylic acids is 1. The fourth-order valence-corrected chi connectivity index (χ4v) is 4.80. The number of nitrogens with two attached hydrogens (primary N) is 2. The zero-order valence-electron chi connectivity index (χ0n) is 27.6. The number of benzene rings is 1. The molecular formula is C33H46N8O5. The summed E-state index contributed by atoms with van der Waals surface area (Å²) in [5.41, 5.74) is 12.8. The summed E-state index contributed by atoms with van der Waals surface area (Å²) in [5, 5.41) is 0. The number of carbonyl (C=O) groups is 1. The zero-order chi connectivity index (χ0) is 33.5. The highest BCUT2D eigenvalue weighted by Crippen LogP contribution is 2.26. The Labute approximate surface area is 269 Å². The molecular weight excluding hydrogens is 588 g/mol. The number of nitrogens with zero attached hydrogens (tertiary/aromatic N) is 5. The van der Waals surface area contributed by atoms with E-state index in [9.17, 15) is 9.59 Å². The Morgan fingerprint density at radius 1 is 1.07 bits per heavy atom. The number of amides is 1. The Bertz CT molecular complexity index is 1660. The first-order chi connectivity index (χ1) is 21.8. The average molecular weight is 635 g/mol. The highest BCUT2D eigenvalue weighted by atomic mass is 16.5. The normalized spacial score (nSPS) is 12.0. The van der Waals surface area contributed by atoms with Gasteiger partial charge in [-0.3, -0.25) is 9.36 Å². The third kappa shape index (κ3) is 8.82. The molecule has 1 aromatic carbocycles. The van der Waals surface area contributed by atoms with E-state index in [1.54, 1.807) is 24.2 Å². The largest absolute Gasteiger partial charge is 0.463 e. The van der Waals surface area contributed by atoms with Crippen molar-refractivity contribution in [2.75, 3.05) is 32.5 Å². The van der Waals surface area contributed by atoms with Crippen molar-refractivity contribution in [3.05, 3.63) is 64.2 Å². The molecule has 0 saturated heterocycles. The van der Waals surface area contributed by atoms with E-state index in [1.807, 2.05) is 58.0 Å². The maximum Gasteiger partial charge on any atom is 0.328 e. The molecule has 13 heteroatoms. The minimum Gasteiger partial charge on any atom is -0.463 e. The number of H-pyrrole nitrogens is 1. The summed E-state index contributed by atoms with van der Waals surface area (Å²) in [7, 11) is 1.79. The molecule has 0 unspecified atom stereocenters. The van der Waals surface area contributed by atoms with Gasteiger partial charge in [-0.15, -0.1) is 0 Å². The number of aromatic nitrogens is 5. The lowest BCUT2D eigenvalue weighted by Gasteiger charge is -2.33. The number of hydrogen-bond acceptors (Lipinski definition) is 10. The lowest BCUT2D eigenvalue weighted by atomic mass is 9.92. The number of pyridine rings is 1. The Balaban J connectivity index is 1.35. The van der Waals surface area contributed by atoms with Crippen molar-refractivity contribution in [2.24, 2.45) is 11.1 Å². The fourth-order valence-electron chi connectivity index (χ4n) is 4.80. The first kappa shape index (κ1) is 34.4. The first-order valence-electron chi connectivity index (χ1n) is 15.5. The molecule has 4 aromatic rings. The van der Waals surface area contributed by atoms with Crippen molar-refractivity contribution >= 4 is 22.9 Å². The van der Waals surface area contributed by atoms with Crippen molar-refractivity contribution in [1.29, 1.82) is 0 Å². The van der Waals surface area contributed by atoms with Crippen LogP contribution in [-0.2, 0) is 22.6 Å². The number of hydrogen-bond donors (Lipinski definition) is 3. The second kappa shape index (κ2) is 14.7. The molecule has 3 aromatic heterocycles. The van der Waals surface area contributed by atoms with Crippen LogP contribution >= 0.6 is 0 Å². The number of aromatic amines is 1. The molecule has 0 atom stereocenters. The van der Waals surface area contributed by atoms with Crippen LogP contribution in [0.15, 0.2) is 47.4 Å². The molecule has 248 valence electrons. The molecule has 1 amide bonds. The molecule has 0 aliphatic rings. The maximum atomic E-state index is 13.2. The minimum absolute atomic E-state index is 0.00720. The molecule has 13 nitrogen and oxygen atoms in total. The quantitative estimate of drug-likeness (QED) is 0.151. The lowest BCUT2D eigenvalue weighted by Crippen LogP contribution is -2.43. The van der Waals surface area contributed by atoms with Crippen molar-refractivity contribution < 1.29 is 19.0 Å². The van der Waals surface area contributed by atoms with Crippen LogP contribution in [-0.4, -0.2) is 67.7 Å². The summed E-state index contributed by atoms with van der Waals surface area (Å²) in [6, 6.07) is 11.2. The monoisotopic (exact) mass is 634 g/mol. The average Bonchev–Trinajstić information content (AvgIpc) is 3.33. The van der Waals surface area contributed by atoms with Crippen molar-refractivity contribution in [3.8, 4) is 17.6 Å². The summed E-state index contributed by atoms with van der Waals surface area (Å²) in [6.45, 7) is 11.8. The standard InChI is InChI=1S/C33H46N8O5/c1-7-8-17-44-30-38-27(35)26-28(39-30)41(31(43)37-26)20-23-11-14-25(36-18-23)46-24-12-9-22(10-13-24)19-40(6)29(42)32(2,3)21-45-33(4,5)15-16-34/h9-14,18H,7-8,15-17,19-21,34H2,1-6H3,(H,37,43)(H2,35,38,39). The number of unbranched alkanes of at least 4 members (excludes halogenated alkanes) is 1. The summed E-state index contributed by atoms with van der Waals surface area (Å²) >= 11 is 0. The molecule has 0 radical (unpaired) electrons. The number of nitrogen functional groups attached to an aromatic ring is 1. The highest BCUT2D eigenvalue weighted by Gasteiger charge is 2.33. The second-order valence-electron chi connectivity index (χ2n) is 12.7. The number of ether oxygens (including phenoxy) is 3. The molecule has 5 N–H and O–H groups in total. The second-order valence-corrected chi connectivity index (χ2v) is 12.7. The third-order valence-corrected chi connectivity index (χ3v) is 7.56. The zero-order valence-corrected chi connectivity index (χ0v) is 27.6. The van der Waals surface area contributed by atoms with Crippen LogP contribution < -0.4 is 26.6 Å². The van der Waals surface area contributed by atoms with Gasteiger partial charge in [0.05, 0.1) is 30.8 Å². The summed E-state index contributed by atoms with van der Waals surface area (Å²) in [5.74, 6) is 1.14.